The summed E-state index contributed by atoms with van der Waals surface area (Å²) in [5.41, 5.74) is 2.87. The number of carboxylic acid groups (broad SMARTS) is 1. The normalized spacial score (nSPS) is 11.1. The molecule has 0 unspecified atom stereocenters. The van der Waals surface area contributed by atoms with Crippen LogP contribution in [0.2, 0.25) is 0 Å². The minimum absolute atomic E-state index is 0.0891. The smallest absolute Gasteiger partial charge is 0.338 e. The Bertz CT molecular complexity index is 756. The minimum atomic E-state index is -1.04. The van der Waals surface area contributed by atoms with Crippen LogP contribution in [0.3, 0.4) is 0 Å². The second kappa shape index (κ2) is 9.19. The van der Waals surface area contributed by atoms with Crippen molar-refractivity contribution in [2.24, 2.45) is 0 Å². The first-order valence-electron chi connectivity index (χ1n) is 7.62. The maximum atomic E-state index is 10.8. The summed E-state index contributed by atoms with van der Waals surface area (Å²) in [5.74, 6) is -0.723. The van der Waals surface area contributed by atoms with E-state index >= 15 is 0 Å². The number of hydrogen-bond donors (Lipinski definition) is 1. The van der Waals surface area contributed by atoms with Gasteiger partial charge < -0.3 is 5.11 Å². The van der Waals surface area contributed by atoms with E-state index in [1.807, 2.05) is 45.9 Å². The predicted octanol–water partition coefficient (Wildman–Crippen LogP) is 3.92. The zero-order valence-electron chi connectivity index (χ0n) is 14.4. The average molecular weight is 326 g/mol. The zero-order valence-corrected chi connectivity index (χ0v) is 14.4. The van der Waals surface area contributed by atoms with Crippen LogP contribution in [0.4, 0.5) is 0 Å². The first-order chi connectivity index (χ1) is 11.5. The Morgan fingerprint density at radius 3 is 2.25 bits per heavy atom. The van der Waals surface area contributed by atoms with Gasteiger partial charge >= 0.3 is 5.97 Å². The number of rotatable bonds is 5. The van der Waals surface area contributed by atoms with Crippen LogP contribution in [0, 0.1) is 0 Å². The molecule has 2 aromatic heterocycles. The van der Waals surface area contributed by atoms with Gasteiger partial charge in [0, 0.05) is 24.2 Å². The fourth-order valence-corrected chi connectivity index (χ4v) is 1.72. The lowest BCUT2D eigenvalue weighted by Crippen LogP contribution is -2.02. The molecule has 6 nitrogen and oxygen atoms in total. The molecule has 0 fully saturated rings. The standard InChI is InChI=1S/C16H16N4O2.C2H6/c1-4-12(6-5-11(2)3)13-7-17-16(18-8-13)20-10-14(9-19-20)15(21)22;1-2/h4-10H,2H2,1,3H3,(H,21,22);1-2H3/b6-5-,12-4+;. The van der Waals surface area contributed by atoms with Crippen LogP contribution < -0.4 is 0 Å². The quantitative estimate of drug-likeness (QED) is 0.842. The monoisotopic (exact) mass is 326 g/mol. The summed E-state index contributed by atoms with van der Waals surface area (Å²) in [6.45, 7) is 11.7. The van der Waals surface area contributed by atoms with Crippen molar-refractivity contribution in [1.29, 1.82) is 0 Å². The van der Waals surface area contributed by atoms with Gasteiger partial charge in [0.15, 0.2) is 0 Å². The predicted molar refractivity (Wildman–Crippen MR) is 95.1 cm³/mol. The number of carbonyl (C=O) groups is 1. The summed E-state index contributed by atoms with van der Waals surface area (Å²) in [6.07, 6.45) is 11.8. The average Bonchev–Trinajstić information content (AvgIpc) is 3.08. The van der Waals surface area contributed by atoms with Crippen molar-refractivity contribution >= 4 is 11.5 Å². The fraction of sp³-hybridized carbons (Fsp3) is 0.222. The summed E-state index contributed by atoms with van der Waals surface area (Å²) in [5, 5.41) is 12.8. The highest BCUT2D eigenvalue weighted by Gasteiger charge is 2.09. The molecule has 0 aliphatic rings. The van der Waals surface area contributed by atoms with E-state index in [0.717, 1.165) is 16.7 Å². The van der Waals surface area contributed by atoms with Crippen LogP contribution in [0.25, 0.3) is 11.5 Å². The van der Waals surface area contributed by atoms with Crippen molar-refractivity contribution in [2.75, 3.05) is 0 Å². The first-order valence-corrected chi connectivity index (χ1v) is 7.62. The molecule has 0 amide bonds. The van der Waals surface area contributed by atoms with Crippen LogP contribution >= 0.6 is 0 Å². The minimum Gasteiger partial charge on any atom is -0.478 e. The number of aromatic carboxylic acids is 1. The molecule has 2 aromatic rings. The summed E-state index contributed by atoms with van der Waals surface area (Å²) < 4.78 is 1.33. The maximum Gasteiger partial charge on any atom is 0.338 e. The lowest BCUT2D eigenvalue weighted by molar-refractivity contribution is 0.0697. The van der Waals surface area contributed by atoms with Gasteiger partial charge in [-0.3, -0.25) is 0 Å². The number of hydrogen-bond acceptors (Lipinski definition) is 4. The summed E-state index contributed by atoms with van der Waals surface area (Å²) in [6, 6.07) is 0. The van der Waals surface area contributed by atoms with Gasteiger partial charge in [-0.25, -0.2) is 19.4 Å². The van der Waals surface area contributed by atoms with E-state index in [0.29, 0.717) is 5.95 Å². The second-order valence-electron chi connectivity index (χ2n) is 4.67. The largest absolute Gasteiger partial charge is 0.478 e. The van der Waals surface area contributed by atoms with Crippen LogP contribution in [0.1, 0.15) is 43.6 Å². The highest BCUT2D eigenvalue weighted by molar-refractivity contribution is 5.86. The van der Waals surface area contributed by atoms with Crippen LogP contribution in [0.5, 0.6) is 0 Å². The van der Waals surface area contributed by atoms with E-state index in [1.165, 1.54) is 17.1 Å². The molecule has 2 rings (SSSR count). The Hall–Kier alpha value is -3.02. The van der Waals surface area contributed by atoms with Crippen molar-refractivity contribution in [1.82, 2.24) is 19.7 Å². The van der Waals surface area contributed by atoms with Gasteiger partial charge in [0.2, 0.25) is 5.95 Å². The van der Waals surface area contributed by atoms with Gasteiger partial charge in [-0.2, -0.15) is 5.10 Å². The second-order valence-corrected chi connectivity index (χ2v) is 4.67. The number of carboxylic acids is 1. The van der Waals surface area contributed by atoms with E-state index in [9.17, 15) is 4.79 Å². The van der Waals surface area contributed by atoms with E-state index in [2.05, 4.69) is 21.6 Å². The Labute approximate surface area is 141 Å². The molecule has 24 heavy (non-hydrogen) atoms. The Morgan fingerprint density at radius 2 is 1.79 bits per heavy atom. The van der Waals surface area contributed by atoms with Gasteiger partial charge in [0.1, 0.15) is 0 Å². The third-order valence-corrected chi connectivity index (χ3v) is 2.86. The summed E-state index contributed by atoms with van der Waals surface area (Å²) >= 11 is 0. The van der Waals surface area contributed by atoms with Gasteiger partial charge in [-0.15, -0.1) is 0 Å². The van der Waals surface area contributed by atoms with Crippen LogP contribution in [-0.2, 0) is 0 Å². The van der Waals surface area contributed by atoms with Crippen LogP contribution in [0.15, 0.2) is 55.2 Å². The van der Waals surface area contributed by atoms with Gasteiger partial charge in [-0.05, 0) is 19.4 Å². The molecule has 126 valence electrons. The first kappa shape index (κ1) is 19.0. The fourth-order valence-electron chi connectivity index (χ4n) is 1.72. The Morgan fingerprint density at radius 1 is 1.17 bits per heavy atom. The summed E-state index contributed by atoms with van der Waals surface area (Å²) in [7, 11) is 0. The molecule has 0 atom stereocenters. The topological polar surface area (TPSA) is 80.9 Å². The van der Waals surface area contributed by atoms with E-state index in [4.69, 9.17) is 5.11 Å². The zero-order chi connectivity index (χ0) is 18.1. The van der Waals surface area contributed by atoms with Crippen molar-refractivity contribution < 1.29 is 9.90 Å². The number of allylic oxidation sites excluding steroid dienone is 5. The molecule has 0 aliphatic heterocycles. The molecule has 0 aliphatic carbocycles. The molecule has 0 aromatic carbocycles. The van der Waals surface area contributed by atoms with E-state index < -0.39 is 5.97 Å². The molecule has 0 bridgehead atoms. The highest BCUT2D eigenvalue weighted by Crippen LogP contribution is 2.15. The molecule has 2 heterocycles. The third kappa shape index (κ3) is 5.01. The third-order valence-electron chi connectivity index (χ3n) is 2.86. The molecule has 0 spiro atoms. The SMILES string of the molecule is C=C(C)/C=C\C(=C/C)c1cnc(-n2cc(C(=O)O)cn2)nc1.CC. The van der Waals surface area contributed by atoms with Gasteiger partial charge in [0.25, 0.3) is 0 Å². The highest BCUT2D eigenvalue weighted by atomic mass is 16.4. The van der Waals surface area contributed by atoms with Crippen molar-refractivity contribution in [3.63, 3.8) is 0 Å². The molecule has 1 N–H and O–H groups in total. The lowest BCUT2D eigenvalue weighted by Gasteiger charge is -2.03. The summed E-state index contributed by atoms with van der Waals surface area (Å²) in [4.78, 5) is 19.3. The molecular weight excluding hydrogens is 304 g/mol. The maximum absolute atomic E-state index is 10.8. The number of nitrogens with zero attached hydrogens (tertiary/aromatic N) is 4. The Balaban J connectivity index is 0.00000139. The number of aromatic nitrogens is 4. The van der Waals surface area contributed by atoms with Crippen molar-refractivity contribution in [3.05, 3.63) is 66.3 Å². The molecule has 6 heteroatoms. The van der Waals surface area contributed by atoms with Gasteiger partial charge in [0.05, 0.1) is 11.8 Å². The molecule has 0 radical (unpaired) electrons. The Kier molecular flexibility index (Phi) is 7.29. The molecule has 0 saturated carbocycles. The molecular formula is C18H22N4O2. The van der Waals surface area contributed by atoms with Crippen LogP contribution in [-0.4, -0.2) is 30.8 Å². The van der Waals surface area contributed by atoms with Gasteiger partial charge in [-0.1, -0.05) is 44.2 Å². The lowest BCUT2D eigenvalue weighted by atomic mass is 10.1. The van der Waals surface area contributed by atoms with Crippen molar-refractivity contribution in [2.45, 2.75) is 27.7 Å². The van der Waals surface area contributed by atoms with E-state index in [-0.39, 0.29) is 5.56 Å². The molecule has 0 saturated heterocycles. The van der Waals surface area contributed by atoms with E-state index in [1.54, 1.807) is 12.4 Å². The van der Waals surface area contributed by atoms with Crippen molar-refractivity contribution in [3.8, 4) is 5.95 Å².